The predicted octanol–water partition coefficient (Wildman–Crippen LogP) is 4.09. The summed E-state index contributed by atoms with van der Waals surface area (Å²) in [5.74, 6) is -0.240. The van der Waals surface area contributed by atoms with E-state index in [1.54, 1.807) is 0 Å². The van der Waals surface area contributed by atoms with Crippen molar-refractivity contribution < 1.29 is 18.3 Å². The molecule has 0 atom stereocenters. The lowest BCUT2D eigenvalue weighted by molar-refractivity contribution is -0.129. The first-order valence-corrected chi connectivity index (χ1v) is 5.43. The summed E-state index contributed by atoms with van der Waals surface area (Å²) in [4.78, 5) is 0.295. The van der Waals surface area contributed by atoms with E-state index in [0.29, 0.717) is 4.90 Å². The van der Waals surface area contributed by atoms with Crippen LogP contribution in [0.15, 0.2) is 23.1 Å². The Labute approximate surface area is 94.2 Å². The fraction of sp³-hybridized carbons (Fsp3) is 0.333. The number of hydrogen-bond donors (Lipinski definition) is 1. The van der Waals surface area contributed by atoms with E-state index in [-0.39, 0.29) is 16.5 Å². The van der Waals surface area contributed by atoms with Crippen molar-refractivity contribution in [3.8, 4) is 5.75 Å². The molecule has 1 N–H and O–H groups in total. The zero-order chi connectivity index (χ0) is 11.5. The summed E-state index contributed by atoms with van der Waals surface area (Å²) in [5.41, 5.74) is 0. The highest BCUT2D eigenvalue weighted by Gasteiger charge is 2.26. The molecule has 1 aromatic carbocycles. The molecule has 1 rings (SSSR count). The molecule has 1 nitrogen and oxygen atoms in total. The molecular formula is C9H8ClF3OS. The van der Waals surface area contributed by atoms with E-state index < -0.39 is 12.6 Å². The Bertz CT molecular complexity index is 320. The van der Waals surface area contributed by atoms with Gasteiger partial charge in [0.15, 0.2) is 0 Å². The van der Waals surface area contributed by atoms with Gasteiger partial charge in [-0.25, -0.2) is 0 Å². The number of aromatic hydroxyl groups is 1. The molecule has 0 radical (unpaired) electrons. The number of hydrogen-bond acceptors (Lipinski definition) is 2. The molecule has 0 fully saturated rings. The SMILES string of the molecule is Oc1cccc(Cl)c1SCCC(F)(F)F. The van der Waals surface area contributed by atoms with Crippen LogP contribution in [0.25, 0.3) is 0 Å². The zero-order valence-corrected chi connectivity index (χ0v) is 9.09. The van der Waals surface area contributed by atoms with Gasteiger partial charge in [-0.05, 0) is 12.1 Å². The van der Waals surface area contributed by atoms with Crippen LogP contribution in [0.1, 0.15) is 6.42 Å². The van der Waals surface area contributed by atoms with E-state index in [9.17, 15) is 18.3 Å². The second kappa shape index (κ2) is 4.99. The standard InChI is InChI=1S/C9H8ClF3OS/c10-6-2-1-3-7(14)8(6)15-5-4-9(11,12)13/h1-3,14H,4-5H2. The number of rotatable bonds is 3. The third-order valence-electron chi connectivity index (χ3n) is 1.58. The Morgan fingerprint density at radius 2 is 2.00 bits per heavy atom. The molecule has 0 amide bonds. The molecule has 6 heteroatoms. The van der Waals surface area contributed by atoms with Gasteiger partial charge >= 0.3 is 6.18 Å². The first kappa shape index (κ1) is 12.5. The summed E-state index contributed by atoms with van der Waals surface area (Å²) in [7, 11) is 0. The van der Waals surface area contributed by atoms with Crippen LogP contribution in [0.2, 0.25) is 5.02 Å². The fourth-order valence-corrected chi connectivity index (χ4v) is 2.20. The maximum atomic E-state index is 11.9. The van der Waals surface area contributed by atoms with Crippen molar-refractivity contribution in [1.82, 2.24) is 0 Å². The van der Waals surface area contributed by atoms with Gasteiger partial charge in [-0.2, -0.15) is 13.2 Å². The topological polar surface area (TPSA) is 20.2 Å². The number of benzene rings is 1. The molecular weight excluding hydrogens is 249 g/mol. The quantitative estimate of drug-likeness (QED) is 0.822. The second-order valence-electron chi connectivity index (χ2n) is 2.80. The maximum Gasteiger partial charge on any atom is 0.389 e. The lowest BCUT2D eigenvalue weighted by Crippen LogP contribution is -2.07. The minimum Gasteiger partial charge on any atom is -0.507 e. The number of alkyl halides is 3. The van der Waals surface area contributed by atoms with Crippen molar-refractivity contribution in [1.29, 1.82) is 0 Å². The van der Waals surface area contributed by atoms with E-state index in [4.69, 9.17) is 11.6 Å². The summed E-state index contributed by atoms with van der Waals surface area (Å²) in [5, 5.41) is 9.60. The molecule has 0 aromatic heterocycles. The Kier molecular flexibility index (Phi) is 4.16. The molecule has 0 aliphatic carbocycles. The van der Waals surface area contributed by atoms with Crippen LogP contribution < -0.4 is 0 Å². The van der Waals surface area contributed by atoms with Gasteiger partial charge in [0.1, 0.15) is 5.75 Å². The van der Waals surface area contributed by atoms with Gasteiger partial charge in [0.05, 0.1) is 16.3 Å². The Morgan fingerprint density at radius 1 is 1.33 bits per heavy atom. The van der Waals surface area contributed by atoms with Crippen molar-refractivity contribution in [3.05, 3.63) is 23.2 Å². The van der Waals surface area contributed by atoms with Crippen LogP contribution in [0.3, 0.4) is 0 Å². The second-order valence-corrected chi connectivity index (χ2v) is 4.31. The monoisotopic (exact) mass is 256 g/mol. The van der Waals surface area contributed by atoms with Crippen molar-refractivity contribution in [2.45, 2.75) is 17.5 Å². The maximum absolute atomic E-state index is 11.9. The summed E-state index contributed by atoms with van der Waals surface area (Å²) >= 11 is 6.62. The van der Waals surface area contributed by atoms with Gasteiger partial charge in [-0.1, -0.05) is 17.7 Å². The van der Waals surface area contributed by atoms with E-state index in [1.165, 1.54) is 18.2 Å². The summed E-state index contributed by atoms with van der Waals surface area (Å²) in [6.45, 7) is 0. The number of phenols is 1. The summed E-state index contributed by atoms with van der Waals surface area (Å²) in [6.07, 6.45) is -5.08. The predicted molar refractivity (Wildman–Crippen MR) is 54.5 cm³/mol. The number of phenolic OH excluding ortho intramolecular Hbond substituents is 1. The van der Waals surface area contributed by atoms with Crippen molar-refractivity contribution in [2.75, 3.05) is 5.75 Å². The average Bonchev–Trinajstić information content (AvgIpc) is 2.08. The van der Waals surface area contributed by atoms with E-state index in [1.807, 2.05) is 0 Å². The third kappa shape index (κ3) is 4.22. The van der Waals surface area contributed by atoms with Gasteiger partial charge in [0.2, 0.25) is 0 Å². The highest BCUT2D eigenvalue weighted by atomic mass is 35.5. The van der Waals surface area contributed by atoms with Gasteiger partial charge in [-0.3, -0.25) is 0 Å². The van der Waals surface area contributed by atoms with Gasteiger partial charge in [0.25, 0.3) is 0 Å². The van der Waals surface area contributed by atoms with Crippen LogP contribution in [0.4, 0.5) is 13.2 Å². The van der Waals surface area contributed by atoms with Crippen LogP contribution in [-0.4, -0.2) is 17.0 Å². The van der Waals surface area contributed by atoms with E-state index >= 15 is 0 Å². The molecule has 84 valence electrons. The first-order valence-electron chi connectivity index (χ1n) is 4.07. The molecule has 0 unspecified atom stereocenters. The minimum atomic E-state index is -4.18. The lowest BCUT2D eigenvalue weighted by atomic mass is 10.3. The number of thioether (sulfide) groups is 1. The highest BCUT2D eigenvalue weighted by molar-refractivity contribution is 7.99. The van der Waals surface area contributed by atoms with Crippen LogP contribution in [0.5, 0.6) is 5.75 Å². The molecule has 0 heterocycles. The zero-order valence-electron chi connectivity index (χ0n) is 7.51. The molecule has 0 spiro atoms. The average molecular weight is 257 g/mol. The molecule has 0 saturated carbocycles. The van der Waals surface area contributed by atoms with Gasteiger partial charge in [0, 0.05) is 5.75 Å². The molecule has 0 aliphatic rings. The number of halogens is 4. The summed E-state index contributed by atoms with van der Waals surface area (Å²) < 4.78 is 35.6. The molecule has 15 heavy (non-hydrogen) atoms. The lowest BCUT2D eigenvalue weighted by Gasteiger charge is -2.08. The largest absolute Gasteiger partial charge is 0.507 e. The van der Waals surface area contributed by atoms with Crippen molar-refractivity contribution >= 4 is 23.4 Å². The first-order chi connectivity index (χ1) is 6.90. The molecule has 0 aliphatic heterocycles. The summed E-state index contributed by atoms with van der Waals surface area (Å²) in [6, 6.07) is 4.45. The fourth-order valence-electron chi connectivity index (χ4n) is 0.909. The van der Waals surface area contributed by atoms with Crippen LogP contribution in [-0.2, 0) is 0 Å². The van der Waals surface area contributed by atoms with Gasteiger partial charge < -0.3 is 5.11 Å². The van der Waals surface area contributed by atoms with E-state index in [2.05, 4.69) is 0 Å². The van der Waals surface area contributed by atoms with Crippen molar-refractivity contribution in [3.63, 3.8) is 0 Å². The molecule has 0 saturated heterocycles. The van der Waals surface area contributed by atoms with E-state index in [0.717, 1.165) is 11.8 Å². The Balaban J connectivity index is 2.58. The Hall–Kier alpha value is -0.550. The van der Waals surface area contributed by atoms with Crippen molar-refractivity contribution in [2.24, 2.45) is 0 Å². The molecule has 1 aromatic rings. The normalized spacial score (nSPS) is 11.7. The highest BCUT2D eigenvalue weighted by Crippen LogP contribution is 2.36. The van der Waals surface area contributed by atoms with Crippen LogP contribution in [0, 0.1) is 0 Å². The minimum absolute atomic E-state index is 0.0883. The Morgan fingerprint density at radius 3 is 2.53 bits per heavy atom. The van der Waals surface area contributed by atoms with Gasteiger partial charge in [-0.15, -0.1) is 11.8 Å². The molecule has 0 bridgehead atoms. The smallest absolute Gasteiger partial charge is 0.389 e. The third-order valence-corrected chi connectivity index (χ3v) is 3.13. The van der Waals surface area contributed by atoms with Crippen LogP contribution >= 0.6 is 23.4 Å².